The van der Waals surface area contributed by atoms with E-state index >= 15 is 0 Å². The molecule has 0 spiro atoms. The fraction of sp³-hybridized carbons (Fsp3) is 0.655. The zero-order valence-electron chi connectivity index (χ0n) is 39.4. The molecule has 346 valence electrons. The fourth-order valence-corrected chi connectivity index (χ4v) is 6.53. The molecule has 61 heavy (non-hydrogen) atoms. The third-order valence-electron chi connectivity index (χ3n) is 10.2. The first-order valence-electron chi connectivity index (χ1n) is 24.8. The predicted octanol–water partition coefficient (Wildman–Crippen LogP) is 16.2. The molecule has 0 N–H and O–H groups in total. The van der Waals surface area contributed by atoms with Crippen molar-refractivity contribution in [3.63, 3.8) is 0 Å². The zero-order valence-corrected chi connectivity index (χ0v) is 39.4. The second-order valence-corrected chi connectivity index (χ2v) is 16.1. The Morgan fingerprint density at radius 1 is 0.377 bits per heavy atom. The Hall–Kier alpha value is -3.67. The van der Waals surface area contributed by atoms with Crippen molar-refractivity contribution < 1.29 is 28.6 Å². The van der Waals surface area contributed by atoms with Gasteiger partial charge in [-0.3, -0.25) is 14.4 Å². The monoisotopic (exact) mass is 847 g/mol. The van der Waals surface area contributed by atoms with Crippen LogP contribution < -0.4 is 0 Å². The average molecular weight is 847 g/mol. The van der Waals surface area contributed by atoms with E-state index in [2.05, 4.69) is 69.4 Å². The van der Waals surface area contributed by atoms with Crippen molar-refractivity contribution >= 4 is 17.9 Å². The highest BCUT2D eigenvalue weighted by molar-refractivity contribution is 5.72. The van der Waals surface area contributed by atoms with Gasteiger partial charge >= 0.3 is 17.9 Å². The minimum Gasteiger partial charge on any atom is -0.462 e. The number of esters is 3. The maximum Gasteiger partial charge on any atom is 0.309 e. The molecule has 0 aliphatic rings. The van der Waals surface area contributed by atoms with E-state index < -0.39 is 12.1 Å². The summed E-state index contributed by atoms with van der Waals surface area (Å²) in [7, 11) is 0. The van der Waals surface area contributed by atoms with Gasteiger partial charge in [0.25, 0.3) is 0 Å². The van der Waals surface area contributed by atoms with Crippen LogP contribution in [-0.4, -0.2) is 37.2 Å². The van der Waals surface area contributed by atoms with Gasteiger partial charge in [0.15, 0.2) is 6.10 Å². The van der Waals surface area contributed by atoms with Crippen molar-refractivity contribution in [2.24, 2.45) is 0 Å². The molecule has 0 amide bonds. The lowest BCUT2D eigenvalue weighted by Gasteiger charge is -2.18. The molecule has 0 aromatic carbocycles. The Kier molecular flexibility index (Phi) is 46.0. The van der Waals surface area contributed by atoms with E-state index in [0.717, 1.165) is 83.5 Å². The van der Waals surface area contributed by atoms with Crippen molar-refractivity contribution in [3.05, 3.63) is 97.2 Å². The summed E-state index contributed by atoms with van der Waals surface area (Å²) in [5.41, 5.74) is 0. The van der Waals surface area contributed by atoms with Gasteiger partial charge in [-0.2, -0.15) is 0 Å². The number of ether oxygens (including phenoxy) is 3. The molecule has 1 atom stereocenters. The van der Waals surface area contributed by atoms with E-state index in [4.69, 9.17) is 14.2 Å². The van der Waals surface area contributed by atoms with Gasteiger partial charge in [-0.1, -0.05) is 240 Å². The molecule has 6 heteroatoms. The number of hydrogen-bond acceptors (Lipinski definition) is 6. The van der Waals surface area contributed by atoms with Crippen molar-refractivity contribution in [2.45, 2.75) is 219 Å². The maximum atomic E-state index is 12.8. The van der Waals surface area contributed by atoms with Gasteiger partial charge in [-0.25, -0.2) is 0 Å². The zero-order chi connectivity index (χ0) is 44.4. The fourth-order valence-electron chi connectivity index (χ4n) is 6.53. The molecule has 0 heterocycles. The molecule has 0 aromatic heterocycles. The van der Waals surface area contributed by atoms with Crippen LogP contribution in [0.2, 0.25) is 0 Å². The lowest BCUT2D eigenvalue weighted by Crippen LogP contribution is -2.30. The molecular weight excluding hydrogens is 757 g/mol. The van der Waals surface area contributed by atoms with Gasteiger partial charge in [0.2, 0.25) is 0 Å². The second-order valence-electron chi connectivity index (χ2n) is 16.1. The third-order valence-corrected chi connectivity index (χ3v) is 10.2. The smallest absolute Gasteiger partial charge is 0.309 e. The number of unbranched alkanes of at least 4 members (excludes halogenated alkanes) is 21. The molecule has 0 aliphatic heterocycles. The Morgan fingerprint density at radius 3 is 1.30 bits per heavy atom. The Bertz CT molecular complexity index is 1250. The highest BCUT2D eigenvalue weighted by Gasteiger charge is 2.19. The lowest BCUT2D eigenvalue weighted by molar-refractivity contribution is -0.166. The molecule has 0 bridgehead atoms. The molecule has 6 nitrogen and oxygen atoms in total. The van der Waals surface area contributed by atoms with E-state index in [1.54, 1.807) is 6.08 Å². The Balaban J connectivity index is 4.44. The van der Waals surface area contributed by atoms with Crippen LogP contribution >= 0.6 is 0 Å². The lowest BCUT2D eigenvalue weighted by atomic mass is 10.0. The largest absolute Gasteiger partial charge is 0.462 e. The standard InChI is InChI=1S/C55H90O6/c1-4-7-10-13-16-19-21-23-25-27-28-30-31-33-36-39-42-45-48-54(57)60-51-52(50-59-53(56)47-44-41-38-35-18-15-12-9-6-3)61-55(58)49-46-43-40-37-34-32-29-26-24-22-20-17-14-11-8-5-2/h9-10,12-13,16,18-19,21,23,25,27-28,30,35,41,44,52H,4-8,11,14-15,17,20,22,24,26,29,31-34,36-40,42-43,45-51H2,1-3H3/b12-9-,13-10-,19-16-,23-21-,27-25-,30-28-,35-18-,44-41-. The predicted molar refractivity (Wildman–Crippen MR) is 260 cm³/mol. The van der Waals surface area contributed by atoms with E-state index in [0.29, 0.717) is 12.8 Å². The normalized spacial score (nSPS) is 12.9. The van der Waals surface area contributed by atoms with Crippen LogP contribution in [0.15, 0.2) is 97.2 Å². The molecular formula is C55H90O6. The van der Waals surface area contributed by atoms with Gasteiger partial charge in [0, 0.05) is 12.8 Å². The third kappa shape index (κ3) is 47.2. The molecule has 0 radical (unpaired) electrons. The van der Waals surface area contributed by atoms with Crippen LogP contribution in [0.25, 0.3) is 0 Å². The SMILES string of the molecule is CC/C=C\C/C=C\C/C=C\CC(=O)OCC(COC(=O)CCCCCCC\C=C/C=C\C=C/C=C\C=C/CCC)OC(=O)CCCCCCCCCCCCCCCCCC. The molecule has 1 unspecified atom stereocenters. The highest BCUT2D eigenvalue weighted by Crippen LogP contribution is 2.15. The van der Waals surface area contributed by atoms with Crippen molar-refractivity contribution in [1.82, 2.24) is 0 Å². The Labute approximate surface area is 375 Å². The van der Waals surface area contributed by atoms with Crippen LogP contribution in [0, 0.1) is 0 Å². The molecule has 0 aromatic rings. The van der Waals surface area contributed by atoms with Gasteiger partial charge in [0.05, 0.1) is 6.42 Å². The number of carbonyl (C=O) groups excluding carboxylic acids is 3. The number of rotatable bonds is 43. The van der Waals surface area contributed by atoms with E-state index in [1.165, 1.54) is 89.9 Å². The molecule has 0 aliphatic carbocycles. The minimum absolute atomic E-state index is 0.117. The number of hydrogen-bond donors (Lipinski definition) is 0. The minimum atomic E-state index is -0.821. The highest BCUT2D eigenvalue weighted by atomic mass is 16.6. The van der Waals surface area contributed by atoms with Crippen molar-refractivity contribution in [1.29, 1.82) is 0 Å². The molecule has 0 rings (SSSR count). The van der Waals surface area contributed by atoms with Crippen LogP contribution in [-0.2, 0) is 28.6 Å². The van der Waals surface area contributed by atoms with Crippen LogP contribution in [0.4, 0.5) is 0 Å². The average Bonchev–Trinajstić information content (AvgIpc) is 3.26. The molecule has 0 saturated heterocycles. The molecule has 0 fully saturated rings. The van der Waals surface area contributed by atoms with Gasteiger partial charge in [-0.15, -0.1) is 0 Å². The quantitative estimate of drug-likeness (QED) is 0.0200. The van der Waals surface area contributed by atoms with E-state index in [9.17, 15) is 14.4 Å². The summed E-state index contributed by atoms with van der Waals surface area (Å²) in [6.07, 6.45) is 64.2. The summed E-state index contributed by atoms with van der Waals surface area (Å²) in [5.74, 6) is -1.07. The molecule has 0 saturated carbocycles. The summed E-state index contributed by atoms with van der Waals surface area (Å²) in [4.78, 5) is 37.8. The van der Waals surface area contributed by atoms with Gasteiger partial charge in [-0.05, 0) is 51.4 Å². The topological polar surface area (TPSA) is 78.9 Å². The first-order chi connectivity index (χ1) is 30.0. The maximum absolute atomic E-state index is 12.8. The van der Waals surface area contributed by atoms with E-state index in [1.807, 2.05) is 42.5 Å². The van der Waals surface area contributed by atoms with Crippen LogP contribution in [0.1, 0.15) is 213 Å². The summed E-state index contributed by atoms with van der Waals surface area (Å²) in [6.45, 7) is 6.31. The number of allylic oxidation sites excluding steroid dienone is 15. The van der Waals surface area contributed by atoms with Crippen molar-refractivity contribution in [2.75, 3.05) is 13.2 Å². The summed E-state index contributed by atoms with van der Waals surface area (Å²) >= 11 is 0. The van der Waals surface area contributed by atoms with E-state index in [-0.39, 0.29) is 31.6 Å². The summed E-state index contributed by atoms with van der Waals surface area (Å²) < 4.78 is 16.6. The first kappa shape index (κ1) is 57.3. The van der Waals surface area contributed by atoms with Gasteiger partial charge < -0.3 is 14.2 Å². The summed E-state index contributed by atoms with van der Waals surface area (Å²) in [6, 6.07) is 0. The van der Waals surface area contributed by atoms with Gasteiger partial charge in [0.1, 0.15) is 13.2 Å². The van der Waals surface area contributed by atoms with Crippen molar-refractivity contribution in [3.8, 4) is 0 Å². The number of carbonyl (C=O) groups is 3. The van der Waals surface area contributed by atoms with Crippen LogP contribution in [0.3, 0.4) is 0 Å². The van der Waals surface area contributed by atoms with Crippen LogP contribution in [0.5, 0.6) is 0 Å². The first-order valence-corrected chi connectivity index (χ1v) is 24.8. The Morgan fingerprint density at radius 2 is 0.787 bits per heavy atom. The second kappa shape index (κ2) is 49.0. The summed E-state index contributed by atoms with van der Waals surface area (Å²) in [5, 5.41) is 0.